The van der Waals surface area contributed by atoms with Crippen molar-refractivity contribution >= 4 is 11.0 Å². The number of rotatable bonds is 2. The molecule has 4 aromatic rings. The number of aryl methyl sites for hydroxylation is 5. The molecule has 0 fully saturated rings. The standard InChI is InChI=1S/C18H18N4O2/c1-9-16(11(3)23-20-9)13-6-14(17-10(2)21-24-12(17)4)18-15(7-13)19-8-22(18)5/h6-8H,1-5H3. The SMILES string of the molecule is Cc1noc(C)c1-c1cc(-c2c(C)noc2C)c2c(c1)ncn2C. The first-order valence-corrected chi connectivity index (χ1v) is 7.79. The molecule has 0 radical (unpaired) electrons. The molecule has 0 aliphatic carbocycles. The molecular formula is C18H18N4O2. The maximum absolute atomic E-state index is 5.38. The van der Waals surface area contributed by atoms with Crippen molar-refractivity contribution in [3.63, 3.8) is 0 Å². The summed E-state index contributed by atoms with van der Waals surface area (Å²) in [5.41, 5.74) is 7.82. The van der Waals surface area contributed by atoms with Gasteiger partial charge in [0.25, 0.3) is 0 Å². The summed E-state index contributed by atoms with van der Waals surface area (Å²) < 4.78 is 12.7. The quantitative estimate of drug-likeness (QED) is 0.555. The average molecular weight is 322 g/mol. The van der Waals surface area contributed by atoms with E-state index in [1.807, 2.05) is 45.6 Å². The van der Waals surface area contributed by atoms with E-state index in [2.05, 4.69) is 27.4 Å². The van der Waals surface area contributed by atoms with E-state index in [-0.39, 0.29) is 0 Å². The van der Waals surface area contributed by atoms with E-state index in [9.17, 15) is 0 Å². The van der Waals surface area contributed by atoms with E-state index in [0.717, 1.165) is 56.2 Å². The summed E-state index contributed by atoms with van der Waals surface area (Å²) in [6.07, 6.45) is 1.82. The largest absolute Gasteiger partial charge is 0.361 e. The van der Waals surface area contributed by atoms with E-state index in [1.54, 1.807) is 0 Å². The van der Waals surface area contributed by atoms with Crippen LogP contribution in [0.1, 0.15) is 22.9 Å². The highest BCUT2D eigenvalue weighted by Crippen LogP contribution is 2.38. The van der Waals surface area contributed by atoms with Gasteiger partial charge >= 0.3 is 0 Å². The Morgan fingerprint density at radius 3 is 2.08 bits per heavy atom. The van der Waals surface area contributed by atoms with E-state index in [4.69, 9.17) is 9.05 Å². The maximum atomic E-state index is 5.38. The third-order valence-electron chi connectivity index (χ3n) is 4.44. The van der Waals surface area contributed by atoms with E-state index in [1.165, 1.54) is 0 Å². The number of aromatic nitrogens is 4. The van der Waals surface area contributed by atoms with Gasteiger partial charge < -0.3 is 13.6 Å². The Morgan fingerprint density at radius 2 is 1.50 bits per heavy atom. The lowest BCUT2D eigenvalue weighted by molar-refractivity contribution is 0.393. The number of fused-ring (bicyclic) bond motifs is 1. The van der Waals surface area contributed by atoms with Crippen molar-refractivity contribution in [2.75, 3.05) is 0 Å². The zero-order valence-corrected chi connectivity index (χ0v) is 14.3. The van der Waals surface area contributed by atoms with Crippen molar-refractivity contribution in [2.24, 2.45) is 7.05 Å². The van der Waals surface area contributed by atoms with E-state index >= 15 is 0 Å². The van der Waals surface area contributed by atoms with Crippen LogP contribution in [0.5, 0.6) is 0 Å². The van der Waals surface area contributed by atoms with Crippen molar-refractivity contribution in [3.05, 3.63) is 41.4 Å². The van der Waals surface area contributed by atoms with Crippen LogP contribution >= 0.6 is 0 Å². The predicted molar refractivity (Wildman–Crippen MR) is 90.7 cm³/mol. The van der Waals surface area contributed by atoms with Crippen LogP contribution < -0.4 is 0 Å². The Hall–Kier alpha value is -2.89. The summed E-state index contributed by atoms with van der Waals surface area (Å²) in [7, 11) is 1.99. The van der Waals surface area contributed by atoms with Crippen LogP contribution in [-0.4, -0.2) is 19.9 Å². The molecule has 0 aliphatic rings. The van der Waals surface area contributed by atoms with Crippen molar-refractivity contribution in [2.45, 2.75) is 27.7 Å². The molecule has 0 atom stereocenters. The molecule has 0 saturated carbocycles. The third-order valence-corrected chi connectivity index (χ3v) is 4.44. The van der Waals surface area contributed by atoms with Crippen molar-refractivity contribution in [1.29, 1.82) is 0 Å². The first kappa shape index (κ1) is 14.7. The van der Waals surface area contributed by atoms with Crippen LogP contribution in [0.15, 0.2) is 27.5 Å². The van der Waals surface area contributed by atoms with Gasteiger partial charge in [0.1, 0.15) is 11.5 Å². The average Bonchev–Trinajstić information content (AvgIpc) is 3.18. The molecule has 0 amide bonds. The summed E-state index contributed by atoms with van der Waals surface area (Å²) in [4.78, 5) is 4.54. The smallest absolute Gasteiger partial charge is 0.141 e. The van der Waals surface area contributed by atoms with E-state index < -0.39 is 0 Å². The van der Waals surface area contributed by atoms with Gasteiger partial charge in [-0.2, -0.15) is 0 Å². The van der Waals surface area contributed by atoms with Gasteiger partial charge in [0.2, 0.25) is 0 Å². The molecule has 0 spiro atoms. The highest BCUT2D eigenvalue weighted by atomic mass is 16.5. The van der Waals surface area contributed by atoms with Crippen LogP contribution in [-0.2, 0) is 7.05 Å². The van der Waals surface area contributed by atoms with Gasteiger partial charge in [0.15, 0.2) is 0 Å². The highest BCUT2D eigenvalue weighted by molar-refractivity contribution is 5.97. The summed E-state index contributed by atoms with van der Waals surface area (Å²) >= 11 is 0. The zero-order valence-electron chi connectivity index (χ0n) is 14.3. The topological polar surface area (TPSA) is 69.9 Å². The number of imidazole rings is 1. The molecule has 0 unspecified atom stereocenters. The number of hydrogen-bond donors (Lipinski definition) is 0. The minimum Gasteiger partial charge on any atom is -0.361 e. The predicted octanol–water partition coefficient (Wildman–Crippen LogP) is 4.12. The van der Waals surface area contributed by atoms with E-state index in [0.29, 0.717) is 0 Å². The first-order chi connectivity index (χ1) is 11.5. The Balaban J connectivity index is 2.10. The Morgan fingerprint density at radius 1 is 0.875 bits per heavy atom. The van der Waals surface area contributed by atoms with Crippen molar-refractivity contribution in [3.8, 4) is 22.3 Å². The molecule has 1 aromatic carbocycles. The monoisotopic (exact) mass is 322 g/mol. The summed E-state index contributed by atoms with van der Waals surface area (Å²) in [5.74, 6) is 1.60. The lowest BCUT2D eigenvalue weighted by atomic mass is 9.95. The van der Waals surface area contributed by atoms with Gasteiger partial charge in [-0.25, -0.2) is 4.98 Å². The van der Waals surface area contributed by atoms with Crippen molar-refractivity contribution < 1.29 is 9.05 Å². The second-order valence-corrected chi connectivity index (χ2v) is 6.15. The normalized spacial score (nSPS) is 11.5. The van der Waals surface area contributed by atoms with Crippen LogP contribution in [0.25, 0.3) is 33.3 Å². The van der Waals surface area contributed by atoms with Crippen molar-refractivity contribution in [1.82, 2.24) is 19.9 Å². The fraction of sp³-hybridized carbons (Fsp3) is 0.278. The van der Waals surface area contributed by atoms with Crippen LogP contribution in [0.4, 0.5) is 0 Å². The lowest BCUT2D eigenvalue weighted by Crippen LogP contribution is -1.92. The Bertz CT molecular complexity index is 1030. The fourth-order valence-electron chi connectivity index (χ4n) is 3.39. The summed E-state index contributed by atoms with van der Waals surface area (Å²) in [5, 5.41) is 8.18. The molecule has 0 N–H and O–H groups in total. The minimum atomic E-state index is 0.797. The molecule has 0 saturated heterocycles. The van der Waals surface area contributed by atoms with Gasteiger partial charge in [0.05, 0.1) is 28.7 Å². The minimum absolute atomic E-state index is 0.797. The molecule has 24 heavy (non-hydrogen) atoms. The van der Waals surface area contributed by atoms with Crippen LogP contribution in [0.2, 0.25) is 0 Å². The molecule has 0 aliphatic heterocycles. The summed E-state index contributed by atoms with van der Waals surface area (Å²) in [6.45, 7) is 7.76. The molecular weight excluding hydrogens is 304 g/mol. The number of nitrogens with zero attached hydrogens (tertiary/aromatic N) is 4. The highest BCUT2D eigenvalue weighted by Gasteiger charge is 2.20. The fourth-order valence-corrected chi connectivity index (χ4v) is 3.39. The molecule has 3 heterocycles. The molecule has 4 rings (SSSR count). The second kappa shape index (κ2) is 5.06. The van der Waals surface area contributed by atoms with Crippen LogP contribution in [0.3, 0.4) is 0 Å². The number of hydrogen-bond acceptors (Lipinski definition) is 5. The molecule has 122 valence electrons. The van der Waals surface area contributed by atoms with Gasteiger partial charge in [-0.1, -0.05) is 10.3 Å². The van der Waals surface area contributed by atoms with Gasteiger partial charge in [0, 0.05) is 23.7 Å². The molecule has 6 heteroatoms. The first-order valence-electron chi connectivity index (χ1n) is 7.79. The third kappa shape index (κ3) is 1.99. The maximum Gasteiger partial charge on any atom is 0.141 e. The van der Waals surface area contributed by atoms with Crippen LogP contribution in [0, 0.1) is 27.7 Å². The lowest BCUT2D eigenvalue weighted by Gasteiger charge is -2.09. The molecule has 6 nitrogen and oxygen atoms in total. The number of benzene rings is 1. The molecule has 0 bridgehead atoms. The Kier molecular flexibility index (Phi) is 3.09. The zero-order chi connectivity index (χ0) is 17.0. The Labute approximate surface area is 139 Å². The summed E-state index contributed by atoms with van der Waals surface area (Å²) in [6, 6.07) is 4.21. The van der Waals surface area contributed by atoms with Gasteiger partial charge in [-0.05, 0) is 45.4 Å². The van der Waals surface area contributed by atoms with Gasteiger partial charge in [-0.3, -0.25) is 0 Å². The van der Waals surface area contributed by atoms with Gasteiger partial charge in [-0.15, -0.1) is 0 Å². The second-order valence-electron chi connectivity index (χ2n) is 6.15. The molecule has 3 aromatic heterocycles.